The number of H-pyrrole nitrogens is 1. The van der Waals surface area contributed by atoms with Crippen LogP contribution in [0.5, 0.6) is 0 Å². The highest BCUT2D eigenvalue weighted by molar-refractivity contribution is 7.13. The second-order valence-electron chi connectivity index (χ2n) is 6.09. The third-order valence-electron chi connectivity index (χ3n) is 4.25. The molecular weight excluding hydrogens is 340 g/mol. The summed E-state index contributed by atoms with van der Waals surface area (Å²) in [6.07, 6.45) is 2.33. The van der Waals surface area contributed by atoms with E-state index in [9.17, 15) is 9.59 Å². The fraction of sp³-hybridized carbons (Fsp3) is 0.500. The molecule has 1 saturated heterocycles. The number of rotatable bonds is 4. The van der Waals surface area contributed by atoms with E-state index in [0.717, 1.165) is 30.0 Å². The van der Waals surface area contributed by atoms with Gasteiger partial charge >= 0.3 is 0 Å². The topological polar surface area (TPSA) is 117 Å². The van der Waals surface area contributed by atoms with Gasteiger partial charge in [0, 0.05) is 25.2 Å². The quantitative estimate of drug-likeness (QED) is 0.749. The maximum atomic E-state index is 12.5. The molecule has 0 aromatic carbocycles. The lowest BCUT2D eigenvalue weighted by Gasteiger charge is -2.33. The Labute approximate surface area is 149 Å². The van der Waals surface area contributed by atoms with Crippen LogP contribution in [0.2, 0.25) is 0 Å². The summed E-state index contributed by atoms with van der Waals surface area (Å²) in [5.74, 6) is 0.655. The van der Waals surface area contributed by atoms with Crippen LogP contribution in [0.4, 0.5) is 11.8 Å². The van der Waals surface area contributed by atoms with Crippen LogP contribution in [0.25, 0.3) is 0 Å². The molecule has 0 spiro atoms. The lowest BCUT2D eigenvalue weighted by molar-refractivity contribution is 0.0934. The van der Waals surface area contributed by atoms with E-state index in [1.807, 2.05) is 18.7 Å². The van der Waals surface area contributed by atoms with E-state index in [1.165, 1.54) is 17.4 Å². The van der Waals surface area contributed by atoms with Crippen molar-refractivity contribution in [1.29, 1.82) is 0 Å². The molecule has 0 atom stereocenters. The summed E-state index contributed by atoms with van der Waals surface area (Å²) in [4.78, 5) is 37.8. The Kier molecular flexibility index (Phi) is 5.03. The number of nitrogens with one attached hydrogen (secondary N) is 2. The molecule has 1 aliphatic rings. The van der Waals surface area contributed by atoms with Gasteiger partial charge in [-0.15, -0.1) is 11.3 Å². The minimum absolute atomic E-state index is 0.0422. The number of aromatic nitrogens is 3. The number of hydrogen-bond acceptors (Lipinski definition) is 7. The van der Waals surface area contributed by atoms with Gasteiger partial charge in [0.2, 0.25) is 5.95 Å². The van der Waals surface area contributed by atoms with E-state index in [4.69, 9.17) is 5.73 Å². The van der Waals surface area contributed by atoms with Crippen LogP contribution in [-0.2, 0) is 6.42 Å². The van der Waals surface area contributed by atoms with Gasteiger partial charge in [-0.05, 0) is 26.2 Å². The third-order valence-corrected chi connectivity index (χ3v) is 5.26. The SMILES string of the molecule is CCc1nc(C)sc1C(=O)NC1CCN(c2cc(=O)[nH]c(N)n2)CC1. The zero-order valence-corrected chi connectivity index (χ0v) is 15.2. The average Bonchev–Trinajstić information content (AvgIpc) is 2.96. The number of nitrogen functional groups attached to an aromatic ring is 1. The normalized spacial score (nSPS) is 15.4. The highest BCUT2D eigenvalue weighted by atomic mass is 32.1. The van der Waals surface area contributed by atoms with Crippen molar-refractivity contribution in [3.05, 3.63) is 32.0 Å². The highest BCUT2D eigenvalue weighted by Gasteiger charge is 2.24. The number of hydrogen-bond donors (Lipinski definition) is 3. The summed E-state index contributed by atoms with van der Waals surface area (Å²) in [5.41, 5.74) is 6.20. The maximum absolute atomic E-state index is 12.5. The number of thiazole rings is 1. The predicted molar refractivity (Wildman–Crippen MR) is 98.2 cm³/mol. The van der Waals surface area contributed by atoms with Crippen molar-refractivity contribution in [1.82, 2.24) is 20.3 Å². The Morgan fingerprint density at radius 2 is 2.16 bits per heavy atom. The first kappa shape index (κ1) is 17.4. The van der Waals surface area contributed by atoms with E-state index in [1.54, 1.807) is 0 Å². The monoisotopic (exact) mass is 362 g/mol. The van der Waals surface area contributed by atoms with Gasteiger partial charge in [0.25, 0.3) is 11.5 Å². The Bertz CT molecular complexity index is 822. The van der Waals surface area contributed by atoms with E-state index in [2.05, 4.69) is 20.3 Å². The molecule has 0 aliphatic carbocycles. The molecule has 3 rings (SSSR count). The minimum Gasteiger partial charge on any atom is -0.369 e. The van der Waals surface area contributed by atoms with Gasteiger partial charge in [-0.1, -0.05) is 6.92 Å². The maximum Gasteiger partial charge on any atom is 0.263 e. The first-order valence-corrected chi connectivity index (χ1v) is 9.17. The van der Waals surface area contributed by atoms with Crippen LogP contribution >= 0.6 is 11.3 Å². The fourth-order valence-corrected chi connectivity index (χ4v) is 3.93. The Balaban J connectivity index is 1.60. The van der Waals surface area contributed by atoms with Crippen LogP contribution in [0.15, 0.2) is 10.9 Å². The summed E-state index contributed by atoms with van der Waals surface area (Å²) in [6.45, 7) is 5.34. The zero-order chi connectivity index (χ0) is 18.0. The molecule has 0 bridgehead atoms. The lowest BCUT2D eigenvalue weighted by Crippen LogP contribution is -2.45. The standard InChI is InChI=1S/C16H22N6O2S/c1-3-11-14(25-9(2)18-11)15(24)19-10-4-6-22(7-5-10)12-8-13(23)21-16(17)20-12/h8,10H,3-7H2,1-2H3,(H,19,24)(H3,17,20,21,23). The molecule has 2 aromatic rings. The second-order valence-corrected chi connectivity index (χ2v) is 7.29. The summed E-state index contributed by atoms with van der Waals surface area (Å²) < 4.78 is 0. The molecule has 0 radical (unpaired) electrons. The Hall–Kier alpha value is -2.42. The van der Waals surface area contributed by atoms with Gasteiger partial charge in [-0.25, -0.2) is 4.98 Å². The third kappa shape index (κ3) is 3.98. The second kappa shape index (κ2) is 7.22. The van der Waals surface area contributed by atoms with Gasteiger partial charge in [0.05, 0.1) is 10.7 Å². The summed E-state index contributed by atoms with van der Waals surface area (Å²) in [7, 11) is 0. The zero-order valence-electron chi connectivity index (χ0n) is 14.3. The number of nitrogens with two attached hydrogens (primary N) is 1. The van der Waals surface area contributed by atoms with Gasteiger partial charge in [0.15, 0.2) is 0 Å². The molecule has 2 aromatic heterocycles. The van der Waals surface area contributed by atoms with Gasteiger partial charge in [-0.2, -0.15) is 4.98 Å². The van der Waals surface area contributed by atoms with Crippen LogP contribution in [0.1, 0.15) is 40.1 Å². The van der Waals surface area contributed by atoms with Gasteiger partial charge in [0.1, 0.15) is 10.7 Å². The van der Waals surface area contributed by atoms with Crippen LogP contribution in [0.3, 0.4) is 0 Å². The number of carbonyl (C=O) groups excluding carboxylic acids is 1. The van der Waals surface area contributed by atoms with Crippen LogP contribution in [-0.4, -0.2) is 40.0 Å². The van der Waals surface area contributed by atoms with Crippen molar-refractivity contribution in [2.45, 2.75) is 39.2 Å². The molecule has 25 heavy (non-hydrogen) atoms. The molecule has 0 unspecified atom stereocenters. The number of carbonyl (C=O) groups is 1. The van der Waals surface area contributed by atoms with Gasteiger partial charge < -0.3 is 16.0 Å². The van der Waals surface area contributed by atoms with E-state index >= 15 is 0 Å². The Morgan fingerprint density at radius 3 is 2.80 bits per heavy atom. The number of nitrogens with zero attached hydrogens (tertiary/aromatic N) is 3. The lowest BCUT2D eigenvalue weighted by atomic mass is 10.0. The molecule has 3 heterocycles. The molecule has 134 valence electrons. The summed E-state index contributed by atoms with van der Waals surface area (Å²) in [6, 6.07) is 1.55. The molecule has 1 amide bonds. The summed E-state index contributed by atoms with van der Waals surface area (Å²) in [5, 5.41) is 4.02. The largest absolute Gasteiger partial charge is 0.369 e. The van der Waals surface area contributed by atoms with Crippen molar-refractivity contribution in [2.75, 3.05) is 23.7 Å². The Morgan fingerprint density at radius 1 is 1.44 bits per heavy atom. The first-order chi connectivity index (χ1) is 12.0. The van der Waals surface area contributed by atoms with Crippen molar-refractivity contribution in [3.8, 4) is 0 Å². The minimum atomic E-state index is -0.259. The van der Waals surface area contributed by atoms with E-state index in [0.29, 0.717) is 23.8 Å². The number of aryl methyl sites for hydroxylation is 2. The molecule has 9 heteroatoms. The van der Waals surface area contributed by atoms with Crippen LogP contribution in [0, 0.1) is 6.92 Å². The molecule has 4 N–H and O–H groups in total. The van der Waals surface area contributed by atoms with E-state index < -0.39 is 0 Å². The smallest absolute Gasteiger partial charge is 0.263 e. The summed E-state index contributed by atoms with van der Waals surface area (Å²) >= 11 is 1.44. The fourth-order valence-electron chi connectivity index (χ4n) is 3.02. The molecule has 8 nitrogen and oxygen atoms in total. The van der Waals surface area contributed by atoms with Crippen molar-refractivity contribution < 1.29 is 4.79 Å². The number of anilines is 2. The number of piperidine rings is 1. The molecule has 1 aliphatic heterocycles. The number of aromatic amines is 1. The highest BCUT2D eigenvalue weighted by Crippen LogP contribution is 2.21. The first-order valence-electron chi connectivity index (χ1n) is 8.35. The van der Waals surface area contributed by atoms with Gasteiger partial charge in [-0.3, -0.25) is 14.6 Å². The van der Waals surface area contributed by atoms with Crippen molar-refractivity contribution >= 4 is 29.0 Å². The average molecular weight is 362 g/mol. The number of amides is 1. The predicted octanol–water partition coefficient (Wildman–Crippen LogP) is 1.08. The van der Waals surface area contributed by atoms with Crippen LogP contribution < -0.4 is 21.5 Å². The van der Waals surface area contributed by atoms with E-state index in [-0.39, 0.29) is 23.5 Å². The molecule has 1 fully saturated rings. The van der Waals surface area contributed by atoms with Crippen molar-refractivity contribution in [3.63, 3.8) is 0 Å². The molecule has 0 saturated carbocycles. The molecular formula is C16H22N6O2S. The van der Waals surface area contributed by atoms with Crippen molar-refractivity contribution in [2.24, 2.45) is 0 Å².